The number of nitrogens with zero attached hydrogens (tertiary/aromatic N) is 1. The molecule has 0 bridgehead atoms. The largest absolute Gasteiger partial charge is 0.468 e. The Morgan fingerprint density at radius 2 is 2.46 bits per heavy atom. The van der Waals surface area contributed by atoms with Crippen LogP contribution in [0.25, 0.3) is 0 Å². The molecule has 0 radical (unpaired) electrons. The predicted molar refractivity (Wildman–Crippen MR) is 50.1 cm³/mol. The zero-order chi connectivity index (χ0) is 9.90. The molecule has 1 aliphatic heterocycles. The third-order valence-corrected chi connectivity index (χ3v) is 2.70. The van der Waals surface area contributed by atoms with E-state index in [-0.39, 0.29) is 5.97 Å². The van der Waals surface area contributed by atoms with Crippen LogP contribution in [-0.4, -0.2) is 36.6 Å². The van der Waals surface area contributed by atoms with Gasteiger partial charge < -0.3 is 4.74 Å². The van der Waals surface area contributed by atoms with Crippen LogP contribution in [0.5, 0.6) is 0 Å². The number of carbonyl (C=O) groups is 1. The van der Waals surface area contributed by atoms with Gasteiger partial charge >= 0.3 is 5.97 Å². The van der Waals surface area contributed by atoms with Gasteiger partial charge in [-0.3, -0.25) is 9.69 Å². The molecule has 0 aliphatic carbocycles. The van der Waals surface area contributed by atoms with E-state index >= 15 is 0 Å². The second kappa shape index (κ2) is 3.80. The number of esters is 1. The van der Waals surface area contributed by atoms with E-state index in [1.165, 1.54) is 7.11 Å². The number of rotatable bonds is 2. The molecule has 0 aromatic heterocycles. The molecule has 1 saturated heterocycles. The van der Waals surface area contributed by atoms with Crippen molar-refractivity contribution in [2.45, 2.75) is 25.3 Å². The Kier molecular flexibility index (Phi) is 2.94. The number of methoxy groups -OCH3 is 1. The summed E-state index contributed by atoms with van der Waals surface area (Å²) < 4.78 is 4.76. The van der Waals surface area contributed by atoms with Gasteiger partial charge in [0.2, 0.25) is 0 Å². The first kappa shape index (κ1) is 10.1. The van der Waals surface area contributed by atoms with Crippen LogP contribution >= 0.6 is 0 Å². The van der Waals surface area contributed by atoms with Crippen molar-refractivity contribution in [2.75, 3.05) is 20.2 Å². The molecule has 1 unspecified atom stereocenters. The molecule has 3 heteroatoms. The second-order valence-electron chi connectivity index (χ2n) is 3.49. The molecule has 72 valence electrons. The minimum absolute atomic E-state index is 0.180. The van der Waals surface area contributed by atoms with Gasteiger partial charge in [-0.15, -0.1) is 6.42 Å². The fourth-order valence-electron chi connectivity index (χ4n) is 1.83. The molecule has 1 fully saturated rings. The molecule has 0 aromatic rings. The summed E-state index contributed by atoms with van der Waals surface area (Å²) in [6, 6.07) is 0. The summed E-state index contributed by atoms with van der Waals surface area (Å²) in [4.78, 5) is 13.5. The average molecular weight is 181 g/mol. The Labute approximate surface area is 79.1 Å². The topological polar surface area (TPSA) is 29.5 Å². The standard InChI is InChI=1S/C10H15NO2/c1-4-7-11-8-5-6-10(11,2)9(12)13-3/h1H,5-8H2,2-3H3. The van der Waals surface area contributed by atoms with Gasteiger partial charge in [0.05, 0.1) is 13.7 Å². The zero-order valence-electron chi connectivity index (χ0n) is 8.17. The van der Waals surface area contributed by atoms with Crippen LogP contribution in [0.15, 0.2) is 0 Å². The van der Waals surface area contributed by atoms with Gasteiger partial charge in [0.15, 0.2) is 0 Å². The van der Waals surface area contributed by atoms with E-state index in [4.69, 9.17) is 11.2 Å². The van der Waals surface area contributed by atoms with Gasteiger partial charge in [-0.1, -0.05) is 5.92 Å². The maximum atomic E-state index is 11.5. The van der Waals surface area contributed by atoms with Gasteiger partial charge in [0, 0.05) is 6.54 Å². The van der Waals surface area contributed by atoms with Crippen LogP contribution in [0.3, 0.4) is 0 Å². The number of likely N-dealkylation sites (tertiary alicyclic amines) is 1. The highest BCUT2D eigenvalue weighted by Crippen LogP contribution is 2.29. The van der Waals surface area contributed by atoms with Gasteiger partial charge in [-0.2, -0.15) is 0 Å². The van der Waals surface area contributed by atoms with E-state index in [0.717, 1.165) is 19.4 Å². The molecule has 0 aromatic carbocycles. The van der Waals surface area contributed by atoms with E-state index in [9.17, 15) is 4.79 Å². The molecule has 0 amide bonds. The molecule has 0 spiro atoms. The van der Waals surface area contributed by atoms with Crippen molar-refractivity contribution >= 4 is 5.97 Å². The van der Waals surface area contributed by atoms with Crippen molar-refractivity contribution in [3.05, 3.63) is 0 Å². The molecule has 1 aliphatic rings. The number of hydrogen-bond acceptors (Lipinski definition) is 3. The molecule has 13 heavy (non-hydrogen) atoms. The second-order valence-corrected chi connectivity index (χ2v) is 3.49. The molecule has 1 heterocycles. The lowest BCUT2D eigenvalue weighted by Gasteiger charge is -2.30. The number of carbonyl (C=O) groups excluding carboxylic acids is 1. The lowest BCUT2D eigenvalue weighted by Crippen LogP contribution is -2.48. The Hall–Kier alpha value is -1.01. The maximum Gasteiger partial charge on any atom is 0.326 e. The van der Waals surface area contributed by atoms with Crippen LogP contribution in [0.4, 0.5) is 0 Å². The quantitative estimate of drug-likeness (QED) is 0.462. The van der Waals surface area contributed by atoms with Crippen LogP contribution in [-0.2, 0) is 9.53 Å². The number of hydrogen-bond donors (Lipinski definition) is 0. The fraction of sp³-hybridized carbons (Fsp3) is 0.700. The van der Waals surface area contributed by atoms with Crippen LogP contribution in [0, 0.1) is 12.3 Å². The van der Waals surface area contributed by atoms with Crippen LogP contribution in [0.1, 0.15) is 19.8 Å². The van der Waals surface area contributed by atoms with Gasteiger partial charge in [0.25, 0.3) is 0 Å². The monoisotopic (exact) mass is 181 g/mol. The summed E-state index contributed by atoms with van der Waals surface area (Å²) in [5.41, 5.74) is -0.499. The van der Waals surface area contributed by atoms with Crippen molar-refractivity contribution in [1.82, 2.24) is 4.90 Å². The average Bonchev–Trinajstić information content (AvgIpc) is 2.49. The summed E-state index contributed by atoms with van der Waals surface area (Å²) in [6.45, 7) is 3.30. The molecule has 3 nitrogen and oxygen atoms in total. The summed E-state index contributed by atoms with van der Waals surface area (Å²) in [7, 11) is 1.42. The number of ether oxygens (including phenoxy) is 1. The lowest BCUT2D eigenvalue weighted by molar-refractivity contribution is -0.152. The molecular weight excluding hydrogens is 166 g/mol. The number of terminal acetylenes is 1. The van der Waals surface area contributed by atoms with Gasteiger partial charge in [-0.05, 0) is 19.8 Å². The summed E-state index contributed by atoms with van der Waals surface area (Å²) in [5, 5.41) is 0. The summed E-state index contributed by atoms with van der Waals surface area (Å²) in [6.07, 6.45) is 7.07. The predicted octanol–water partition coefficient (Wildman–Crippen LogP) is 0.647. The lowest BCUT2D eigenvalue weighted by atomic mass is 9.99. The normalized spacial score (nSPS) is 28.4. The third kappa shape index (κ3) is 1.68. The fourth-order valence-corrected chi connectivity index (χ4v) is 1.83. The molecule has 0 saturated carbocycles. The zero-order valence-corrected chi connectivity index (χ0v) is 8.17. The Bertz CT molecular complexity index is 244. The van der Waals surface area contributed by atoms with E-state index in [2.05, 4.69) is 5.92 Å². The highest BCUT2D eigenvalue weighted by atomic mass is 16.5. The van der Waals surface area contributed by atoms with Crippen molar-refractivity contribution in [2.24, 2.45) is 0 Å². The molecule has 1 atom stereocenters. The van der Waals surface area contributed by atoms with E-state index in [0.29, 0.717) is 6.54 Å². The third-order valence-electron chi connectivity index (χ3n) is 2.70. The highest BCUT2D eigenvalue weighted by Gasteiger charge is 2.43. The first-order valence-corrected chi connectivity index (χ1v) is 4.42. The van der Waals surface area contributed by atoms with E-state index in [1.807, 2.05) is 11.8 Å². The first-order chi connectivity index (χ1) is 6.15. The van der Waals surface area contributed by atoms with Crippen LogP contribution in [0.2, 0.25) is 0 Å². The van der Waals surface area contributed by atoms with Crippen molar-refractivity contribution in [3.8, 4) is 12.3 Å². The minimum Gasteiger partial charge on any atom is -0.468 e. The Morgan fingerprint density at radius 3 is 3.00 bits per heavy atom. The molecule has 1 rings (SSSR count). The highest BCUT2D eigenvalue weighted by molar-refractivity contribution is 5.80. The smallest absolute Gasteiger partial charge is 0.326 e. The maximum absolute atomic E-state index is 11.5. The van der Waals surface area contributed by atoms with Gasteiger partial charge in [-0.25, -0.2) is 0 Å². The van der Waals surface area contributed by atoms with Crippen LogP contribution < -0.4 is 0 Å². The van der Waals surface area contributed by atoms with Crippen molar-refractivity contribution in [1.29, 1.82) is 0 Å². The van der Waals surface area contributed by atoms with Crippen molar-refractivity contribution in [3.63, 3.8) is 0 Å². The minimum atomic E-state index is -0.499. The molecular formula is C10H15NO2. The van der Waals surface area contributed by atoms with Crippen molar-refractivity contribution < 1.29 is 9.53 Å². The SMILES string of the molecule is C#CCN1CCCC1(C)C(=O)OC. The van der Waals surface area contributed by atoms with E-state index in [1.54, 1.807) is 0 Å². The summed E-state index contributed by atoms with van der Waals surface area (Å²) >= 11 is 0. The molecule has 0 N–H and O–H groups in total. The van der Waals surface area contributed by atoms with Gasteiger partial charge in [0.1, 0.15) is 5.54 Å². The Morgan fingerprint density at radius 1 is 1.77 bits per heavy atom. The van der Waals surface area contributed by atoms with E-state index < -0.39 is 5.54 Å². The Balaban J connectivity index is 2.76. The summed E-state index contributed by atoms with van der Waals surface area (Å²) in [5.74, 6) is 2.38. The first-order valence-electron chi connectivity index (χ1n) is 4.42.